The quantitative estimate of drug-likeness (QED) is 0.861. The molecule has 2 N–H and O–H groups in total. The lowest BCUT2D eigenvalue weighted by Gasteiger charge is -2.08. The van der Waals surface area contributed by atoms with E-state index in [9.17, 15) is 9.18 Å². The first kappa shape index (κ1) is 13.4. The Morgan fingerprint density at radius 1 is 1.47 bits per heavy atom. The van der Waals surface area contributed by atoms with Crippen LogP contribution in [0.4, 0.5) is 4.39 Å². The van der Waals surface area contributed by atoms with Crippen molar-refractivity contribution in [2.45, 2.75) is 13.5 Å². The second kappa shape index (κ2) is 5.27. The Labute approximate surface area is 114 Å². The van der Waals surface area contributed by atoms with Crippen LogP contribution in [-0.2, 0) is 6.54 Å². The fraction of sp³-hybridized carbons (Fsp3) is 0.154. The molecule has 0 saturated heterocycles. The van der Waals surface area contributed by atoms with Crippen molar-refractivity contribution in [1.29, 1.82) is 0 Å². The lowest BCUT2D eigenvalue weighted by atomic mass is 10.1. The molecule has 0 unspecified atom stereocenters. The number of benzene rings is 1. The maximum atomic E-state index is 13.4. The second-order valence-corrected chi connectivity index (χ2v) is 4.61. The van der Waals surface area contributed by atoms with Gasteiger partial charge in [-0.25, -0.2) is 9.37 Å². The fourth-order valence-electron chi connectivity index (χ4n) is 1.69. The van der Waals surface area contributed by atoms with Gasteiger partial charge in [0.25, 0.3) is 5.56 Å². The summed E-state index contributed by atoms with van der Waals surface area (Å²) in [6, 6.07) is 5.86. The largest absolute Gasteiger partial charge is 0.389 e. The highest BCUT2D eigenvalue weighted by Gasteiger charge is 2.07. The van der Waals surface area contributed by atoms with Crippen molar-refractivity contribution in [3.05, 3.63) is 63.6 Å². The summed E-state index contributed by atoms with van der Waals surface area (Å²) < 4.78 is 14.9. The minimum Gasteiger partial charge on any atom is -0.389 e. The molecule has 4 nitrogen and oxygen atoms in total. The third-order valence-electron chi connectivity index (χ3n) is 2.67. The number of thiocarbonyl (C=S) groups is 1. The molecule has 0 spiro atoms. The molecule has 1 heterocycles. The highest BCUT2D eigenvalue weighted by atomic mass is 32.1. The van der Waals surface area contributed by atoms with E-state index in [4.69, 9.17) is 18.0 Å². The van der Waals surface area contributed by atoms with Gasteiger partial charge in [-0.2, -0.15) is 0 Å². The summed E-state index contributed by atoms with van der Waals surface area (Å²) in [5.41, 5.74) is 6.85. The Morgan fingerprint density at radius 3 is 2.84 bits per heavy atom. The van der Waals surface area contributed by atoms with Crippen molar-refractivity contribution in [2.24, 2.45) is 5.73 Å². The molecule has 0 amide bonds. The van der Waals surface area contributed by atoms with Gasteiger partial charge >= 0.3 is 0 Å². The van der Waals surface area contributed by atoms with Crippen molar-refractivity contribution < 1.29 is 4.39 Å². The molecule has 0 fully saturated rings. The van der Waals surface area contributed by atoms with Crippen molar-refractivity contribution in [1.82, 2.24) is 9.55 Å². The lowest BCUT2D eigenvalue weighted by Crippen LogP contribution is -2.21. The van der Waals surface area contributed by atoms with Crippen molar-refractivity contribution in [3.63, 3.8) is 0 Å². The molecule has 0 aliphatic heterocycles. The van der Waals surface area contributed by atoms with Crippen molar-refractivity contribution >= 4 is 17.2 Å². The SMILES string of the molecule is Cc1cc(=O)n(Cc2ccc(F)c(C(N)=S)c2)cn1. The fourth-order valence-corrected chi connectivity index (χ4v) is 1.85. The maximum absolute atomic E-state index is 13.4. The van der Waals surface area contributed by atoms with E-state index in [0.717, 1.165) is 5.56 Å². The van der Waals surface area contributed by atoms with Crippen LogP contribution in [0.5, 0.6) is 0 Å². The molecule has 0 bridgehead atoms. The molecule has 0 radical (unpaired) electrons. The molecule has 0 saturated carbocycles. The average Bonchev–Trinajstić information content (AvgIpc) is 2.34. The van der Waals surface area contributed by atoms with E-state index in [1.807, 2.05) is 0 Å². The monoisotopic (exact) mass is 277 g/mol. The molecule has 19 heavy (non-hydrogen) atoms. The van der Waals surface area contributed by atoms with E-state index < -0.39 is 5.82 Å². The Morgan fingerprint density at radius 2 is 2.21 bits per heavy atom. The van der Waals surface area contributed by atoms with Gasteiger partial charge in [-0.1, -0.05) is 18.3 Å². The number of rotatable bonds is 3. The van der Waals surface area contributed by atoms with Crippen LogP contribution in [-0.4, -0.2) is 14.5 Å². The lowest BCUT2D eigenvalue weighted by molar-refractivity contribution is 0.623. The topological polar surface area (TPSA) is 60.9 Å². The molecule has 6 heteroatoms. The van der Waals surface area contributed by atoms with Gasteiger partial charge in [0, 0.05) is 17.3 Å². The maximum Gasteiger partial charge on any atom is 0.253 e. The zero-order valence-electron chi connectivity index (χ0n) is 10.3. The van der Waals surface area contributed by atoms with E-state index in [-0.39, 0.29) is 16.1 Å². The van der Waals surface area contributed by atoms with Crippen LogP contribution in [0, 0.1) is 12.7 Å². The normalized spacial score (nSPS) is 10.4. The number of nitrogens with zero attached hydrogens (tertiary/aromatic N) is 2. The highest BCUT2D eigenvalue weighted by Crippen LogP contribution is 2.11. The van der Waals surface area contributed by atoms with Gasteiger partial charge in [-0.05, 0) is 24.6 Å². The van der Waals surface area contributed by atoms with Gasteiger partial charge in [0.15, 0.2) is 0 Å². The molecule has 0 aliphatic rings. The predicted octanol–water partition coefficient (Wildman–Crippen LogP) is 1.37. The summed E-state index contributed by atoms with van der Waals surface area (Å²) in [6.07, 6.45) is 1.46. The van der Waals surface area contributed by atoms with Crippen LogP contribution in [0.3, 0.4) is 0 Å². The second-order valence-electron chi connectivity index (χ2n) is 4.17. The minimum absolute atomic E-state index is 0.00581. The molecule has 0 aliphatic carbocycles. The Balaban J connectivity index is 2.36. The first-order valence-electron chi connectivity index (χ1n) is 5.58. The van der Waals surface area contributed by atoms with E-state index in [2.05, 4.69) is 4.98 Å². The average molecular weight is 277 g/mol. The number of nitrogens with two attached hydrogens (primary N) is 1. The molecule has 1 aromatic heterocycles. The summed E-state index contributed by atoms with van der Waals surface area (Å²) in [5, 5.41) is 0. The van der Waals surface area contributed by atoms with Gasteiger partial charge < -0.3 is 5.73 Å². The van der Waals surface area contributed by atoms with Gasteiger partial charge in [-0.15, -0.1) is 0 Å². The van der Waals surface area contributed by atoms with Crippen LogP contribution in [0.2, 0.25) is 0 Å². The Hall–Kier alpha value is -2.08. The minimum atomic E-state index is -0.467. The Bertz CT molecular complexity index is 697. The van der Waals surface area contributed by atoms with Gasteiger partial charge in [0.2, 0.25) is 0 Å². The molecule has 2 aromatic rings. The molecular formula is C13H12FN3OS. The first-order chi connectivity index (χ1) is 8.97. The summed E-state index contributed by atoms with van der Waals surface area (Å²) in [7, 11) is 0. The van der Waals surface area contributed by atoms with Gasteiger partial charge in [-0.3, -0.25) is 9.36 Å². The van der Waals surface area contributed by atoms with Crippen LogP contribution in [0.25, 0.3) is 0 Å². The molecular weight excluding hydrogens is 265 g/mol. The van der Waals surface area contributed by atoms with E-state index in [1.54, 1.807) is 19.1 Å². The van der Waals surface area contributed by atoms with E-state index in [0.29, 0.717) is 12.2 Å². The third kappa shape index (κ3) is 3.03. The summed E-state index contributed by atoms with van der Waals surface area (Å²) in [6.45, 7) is 2.04. The molecule has 0 atom stereocenters. The third-order valence-corrected chi connectivity index (χ3v) is 2.89. The highest BCUT2D eigenvalue weighted by molar-refractivity contribution is 7.80. The zero-order chi connectivity index (χ0) is 14.0. The van der Waals surface area contributed by atoms with Crippen LogP contribution in [0.1, 0.15) is 16.8 Å². The number of aryl methyl sites for hydroxylation is 1. The summed E-state index contributed by atoms with van der Waals surface area (Å²) in [4.78, 5) is 15.8. The summed E-state index contributed by atoms with van der Waals surface area (Å²) >= 11 is 4.77. The summed E-state index contributed by atoms with van der Waals surface area (Å²) in [5.74, 6) is -0.467. The number of hydrogen-bond donors (Lipinski definition) is 1. The standard InChI is InChI=1S/C13H12FN3OS/c1-8-4-12(18)17(7-16-8)6-9-2-3-11(14)10(5-9)13(15)19/h2-5,7H,6H2,1H3,(H2,15,19). The van der Waals surface area contributed by atoms with Crippen LogP contribution >= 0.6 is 12.2 Å². The van der Waals surface area contributed by atoms with E-state index >= 15 is 0 Å². The Kier molecular flexibility index (Phi) is 3.71. The predicted molar refractivity (Wildman–Crippen MR) is 74.6 cm³/mol. The molecule has 98 valence electrons. The molecule has 1 aromatic carbocycles. The smallest absolute Gasteiger partial charge is 0.253 e. The number of hydrogen-bond acceptors (Lipinski definition) is 3. The zero-order valence-corrected chi connectivity index (χ0v) is 11.1. The van der Waals surface area contributed by atoms with Crippen LogP contribution in [0.15, 0.2) is 35.4 Å². The van der Waals surface area contributed by atoms with Crippen molar-refractivity contribution in [2.75, 3.05) is 0 Å². The van der Waals surface area contributed by atoms with Gasteiger partial charge in [0.1, 0.15) is 10.8 Å². The first-order valence-corrected chi connectivity index (χ1v) is 5.99. The van der Waals surface area contributed by atoms with Gasteiger partial charge in [0.05, 0.1) is 12.9 Å². The molecule has 2 rings (SSSR count). The number of aromatic nitrogens is 2. The van der Waals surface area contributed by atoms with Crippen LogP contribution < -0.4 is 11.3 Å². The van der Waals surface area contributed by atoms with E-state index in [1.165, 1.54) is 23.0 Å². The van der Waals surface area contributed by atoms with Crippen molar-refractivity contribution in [3.8, 4) is 0 Å². The number of halogens is 1.